The molecule has 1 N–H and O–H groups in total. The average molecular weight is 317 g/mol. The van der Waals surface area contributed by atoms with Crippen LogP contribution in [-0.2, 0) is 6.54 Å². The van der Waals surface area contributed by atoms with Crippen molar-refractivity contribution in [3.05, 3.63) is 78.1 Å². The Labute approximate surface area is 138 Å². The molecule has 0 unspecified atom stereocenters. The van der Waals surface area contributed by atoms with Crippen LogP contribution in [0.5, 0.6) is 0 Å². The predicted octanol–water partition coefficient (Wildman–Crippen LogP) is 4.97. The highest BCUT2D eigenvalue weighted by Crippen LogP contribution is 2.27. The fraction of sp³-hybridized carbons (Fsp3) is 0.0526. The molecule has 4 heteroatoms. The number of anilines is 1. The van der Waals surface area contributed by atoms with Gasteiger partial charge in [0.1, 0.15) is 0 Å². The molecule has 3 heterocycles. The van der Waals surface area contributed by atoms with Gasteiger partial charge in [-0.15, -0.1) is 11.3 Å². The van der Waals surface area contributed by atoms with E-state index >= 15 is 0 Å². The first kappa shape index (κ1) is 13.9. The second-order valence-electron chi connectivity index (χ2n) is 5.29. The van der Waals surface area contributed by atoms with Gasteiger partial charge >= 0.3 is 0 Å². The Kier molecular flexibility index (Phi) is 3.74. The Hall–Kier alpha value is -2.72. The van der Waals surface area contributed by atoms with Crippen molar-refractivity contribution in [1.82, 2.24) is 9.97 Å². The highest BCUT2D eigenvalue weighted by atomic mass is 32.1. The van der Waals surface area contributed by atoms with Crippen LogP contribution in [-0.4, -0.2) is 9.97 Å². The zero-order valence-corrected chi connectivity index (χ0v) is 13.3. The van der Waals surface area contributed by atoms with Crippen LogP contribution in [0.3, 0.4) is 0 Å². The Bertz CT molecular complexity index is 914. The van der Waals surface area contributed by atoms with E-state index in [0.717, 1.165) is 23.3 Å². The normalized spacial score (nSPS) is 10.8. The number of nitrogens with zero attached hydrogens (tertiary/aromatic N) is 2. The van der Waals surface area contributed by atoms with Crippen molar-refractivity contribution in [2.24, 2.45) is 0 Å². The third-order valence-electron chi connectivity index (χ3n) is 3.78. The molecule has 0 saturated heterocycles. The predicted molar refractivity (Wildman–Crippen MR) is 96.6 cm³/mol. The lowest BCUT2D eigenvalue weighted by Crippen LogP contribution is -1.99. The van der Waals surface area contributed by atoms with Gasteiger partial charge in [-0.1, -0.05) is 30.3 Å². The van der Waals surface area contributed by atoms with E-state index in [2.05, 4.69) is 51.0 Å². The minimum absolute atomic E-state index is 0.796. The van der Waals surface area contributed by atoms with E-state index in [9.17, 15) is 0 Å². The number of rotatable bonds is 4. The quantitative estimate of drug-likeness (QED) is 0.577. The van der Waals surface area contributed by atoms with Gasteiger partial charge in [-0.2, -0.15) is 0 Å². The summed E-state index contributed by atoms with van der Waals surface area (Å²) in [5.74, 6) is 0. The summed E-state index contributed by atoms with van der Waals surface area (Å²) in [6, 6.07) is 16.7. The summed E-state index contributed by atoms with van der Waals surface area (Å²) in [5.41, 5.74) is 5.76. The van der Waals surface area contributed by atoms with Crippen LogP contribution in [0.2, 0.25) is 0 Å². The number of thiophene rings is 1. The van der Waals surface area contributed by atoms with Crippen molar-refractivity contribution in [3.63, 3.8) is 0 Å². The fourth-order valence-electron chi connectivity index (χ4n) is 2.56. The first-order valence-corrected chi connectivity index (χ1v) is 8.33. The summed E-state index contributed by atoms with van der Waals surface area (Å²) in [6.07, 6.45) is 5.53. The van der Waals surface area contributed by atoms with Crippen molar-refractivity contribution in [3.8, 4) is 11.1 Å². The van der Waals surface area contributed by atoms with Crippen molar-refractivity contribution in [2.45, 2.75) is 6.54 Å². The number of nitrogens with one attached hydrogen (secondary N) is 1. The summed E-state index contributed by atoms with van der Waals surface area (Å²) >= 11 is 1.72. The monoisotopic (exact) mass is 317 g/mol. The van der Waals surface area contributed by atoms with E-state index in [1.807, 2.05) is 30.6 Å². The topological polar surface area (TPSA) is 37.8 Å². The van der Waals surface area contributed by atoms with Crippen LogP contribution in [0, 0.1) is 0 Å². The van der Waals surface area contributed by atoms with E-state index in [0.29, 0.717) is 0 Å². The highest BCUT2D eigenvalue weighted by Gasteiger charge is 2.03. The van der Waals surface area contributed by atoms with Gasteiger partial charge in [0.05, 0.1) is 15.9 Å². The number of benzene rings is 1. The van der Waals surface area contributed by atoms with Crippen LogP contribution in [0.1, 0.15) is 5.56 Å². The molecule has 3 aromatic heterocycles. The first-order chi connectivity index (χ1) is 11.4. The van der Waals surface area contributed by atoms with Gasteiger partial charge in [-0.25, -0.2) is 0 Å². The van der Waals surface area contributed by atoms with E-state index in [4.69, 9.17) is 0 Å². The van der Waals surface area contributed by atoms with Crippen molar-refractivity contribution >= 4 is 27.2 Å². The summed E-state index contributed by atoms with van der Waals surface area (Å²) in [6.45, 7) is 0.796. The lowest BCUT2D eigenvalue weighted by atomic mass is 10.1. The number of pyridine rings is 2. The third-order valence-corrected chi connectivity index (χ3v) is 4.71. The Balaban J connectivity index is 1.50. The van der Waals surface area contributed by atoms with Crippen molar-refractivity contribution < 1.29 is 0 Å². The molecule has 0 saturated carbocycles. The molecule has 4 rings (SSSR count). The van der Waals surface area contributed by atoms with E-state index in [-0.39, 0.29) is 0 Å². The van der Waals surface area contributed by atoms with Crippen LogP contribution < -0.4 is 5.32 Å². The number of aromatic nitrogens is 2. The zero-order chi connectivity index (χ0) is 15.5. The molecule has 4 aromatic rings. The molecule has 112 valence electrons. The molecule has 0 radical (unpaired) electrons. The molecule has 23 heavy (non-hydrogen) atoms. The lowest BCUT2D eigenvalue weighted by Gasteiger charge is -2.08. The van der Waals surface area contributed by atoms with Gasteiger partial charge in [0.15, 0.2) is 0 Å². The molecule has 3 nitrogen and oxygen atoms in total. The molecule has 1 aromatic carbocycles. The van der Waals surface area contributed by atoms with Gasteiger partial charge in [-0.05, 0) is 40.3 Å². The molecule has 0 amide bonds. The standard InChI is InChI=1S/C19H15N3S/c1-2-16(13-20-9-1)15-5-3-14(4-6-15)12-22-17-7-10-21-18-8-11-23-19(17)18/h1-11,13H,12H2,(H,21,22). The summed E-state index contributed by atoms with van der Waals surface area (Å²) in [5, 5.41) is 5.58. The molecule has 0 spiro atoms. The largest absolute Gasteiger partial charge is 0.380 e. The first-order valence-electron chi connectivity index (χ1n) is 7.45. The van der Waals surface area contributed by atoms with E-state index in [1.165, 1.54) is 15.8 Å². The highest BCUT2D eigenvalue weighted by molar-refractivity contribution is 7.17. The number of hydrogen-bond acceptors (Lipinski definition) is 4. The number of hydrogen-bond donors (Lipinski definition) is 1. The molecular weight excluding hydrogens is 302 g/mol. The van der Waals surface area contributed by atoms with Crippen molar-refractivity contribution in [1.29, 1.82) is 0 Å². The smallest absolute Gasteiger partial charge is 0.0830 e. The van der Waals surface area contributed by atoms with Gasteiger partial charge in [0.2, 0.25) is 0 Å². The summed E-state index contributed by atoms with van der Waals surface area (Å²) < 4.78 is 1.21. The summed E-state index contributed by atoms with van der Waals surface area (Å²) in [4.78, 5) is 8.53. The summed E-state index contributed by atoms with van der Waals surface area (Å²) in [7, 11) is 0. The van der Waals surface area contributed by atoms with Gasteiger partial charge in [0, 0.05) is 25.1 Å². The fourth-order valence-corrected chi connectivity index (χ4v) is 3.40. The Morgan fingerprint density at radius 2 is 1.83 bits per heavy atom. The molecular formula is C19H15N3S. The Morgan fingerprint density at radius 1 is 0.913 bits per heavy atom. The maximum absolute atomic E-state index is 4.37. The van der Waals surface area contributed by atoms with Gasteiger partial charge in [0.25, 0.3) is 0 Å². The maximum Gasteiger partial charge on any atom is 0.0830 e. The van der Waals surface area contributed by atoms with Crippen LogP contribution in [0.15, 0.2) is 72.5 Å². The molecule has 0 aliphatic heterocycles. The molecule has 0 aliphatic rings. The lowest BCUT2D eigenvalue weighted by molar-refractivity contribution is 1.15. The van der Waals surface area contributed by atoms with Gasteiger partial charge in [-0.3, -0.25) is 9.97 Å². The third kappa shape index (κ3) is 2.94. The second kappa shape index (κ2) is 6.18. The average Bonchev–Trinajstić information content (AvgIpc) is 3.10. The van der Waals surface area contributed by atoms with Crippen LogP contribution >= 0.6 is 11.3 Å². The Morgan fingerprint density at radius 3 is 2.65 bits per heavy atom. The molecule has 0 fully saturated rings. The van der Waals surface area contributed by atoms with Gasteiger partial charge < -0.3 is 5.32 Å². The zero-order valence-electron chi connectivity index (χ0n) is 12.4. The SMILES string of the molecule is c1cncc(-c2ccc(CNc3ccnc4ccsc34)cc2)c1. The molecule has 0 atom stereocenters. The maximum atomic E-state index is 4.37. The van der Waals surface area contributed by atoms with E-state index in [1.54, 1.807) is 17.5 Å². The minimum Gasteiger partial charge on any atom is -0.380 e. The minimum atomic E-state index is 0.796. The van der Waals surface area contributed by atoms with Crippen LogP contribution in [0.25, 0.3) is 21.3 Å². The molecule has 0 bridgehead atoms. The van der Waals surface area contributed by atoms with E-state index < -0.39 is 0 Å². The second-order valence-corrected chi connectivity index (χ2v) is 6.20. The molecule has 0 aliphatic carbocycles. The number of fused-ring (bicyclic) bond motifs is 1. The van der Waals surface area contributed by atoms with Crippen LogP contribution in [0.4, 0.5) is 5.69 Å². The van der Waals surface area contributed by atoms with Crippen molar-refractivity contribution in [2.75, 3.05) is 5.32 Å².